The maximum Gasteiger partial charge on any atom is 0.0519 e. The average Bonchev–Trinajstić information content (AvgIpc) is 2.45. The molecule has 2 heterocycles. The van der Waals surface area contributed by atoms with Crippen LogP contribution in [0, 0.1) is 0 Å². The van der Waals surface area contributed by atoms with Crippen molar-refractivity contribution in [3.05, 3.63) is 30.1 Å². The van der Waals surface area contributed by atoms with Crippen LogP contribution in [0.2, 0.25) is 0 Å². The first-order valence-corrected chi connectivity index (χ1v) is 4.11. The molecule has 1 aromatic rings. The number of nitrogens with zero attached hydrogens (tertiary/aromatic N) is 2. The molecule has 0 aromatic carbocycles. The molecule has 1 aliphatic rings. The quantitative estimate of drug-likeness (QED) is 0.631. The highest BCUT2D eigenvalue weighted by molar-refractivity contribution is 5.14. The van der Waals surface area contributed by atoms with Crippen molar-refractivity contribution < 1.29 is 4.11 Å². The van der Waals surface area contributed by atoms with E-state index in [4.69, 9.17) is 4.11 Å². The fraction of sp³-hybridized carbons (Fsp3) is 0.500. The van der Waals surface area contributed by atoms with Crippen LogP contribution in [0.4, 0.5) is 0 Å². The third kappa shape index (κ3) is 1.34. The van der Waals surface area contributed by atoms with E-state index in [2.05, 4.69) is 4.98 Å². The fourth-order valence-corrected chi connectivity index (χ4v) is 1.48. The minimum atomic E-state index is -1.39. The predicted molar refractivity (Wildman–Crippen MR) is 48.8 cm³/mol. The van der Waals surface area contributed by atoms with E-state index >= 15 is 0 Å². The van der Waals surface area contributed by atoms with Crippen molar-refractivity contribution in [3.8, 4) is 0 Å². The lowest BCUT2D eigenvalue weighted by Gasteiger charge is -2.18. The molecule has 1 fully saturated rings. The largest absolute Gasteiger partial charge is 0.299 e. The highest BCUT2D eigenvalue weighted by Gasteiger charge is 2.21. The van der Waals surface area contributed by atoms with Crippen molar-refractivity contribution in [3.63, 3.8) is 0 Å². The second kappa shape index (κ2) is 3.23. The molecule has 2 rings (SSSR count). The van der Waals surface area contributed by atoms with E-state index in [0.29, 0.717) is 12.8 Å². The molecule has 2 nitrogen and oxygen atoms in total. The fourth-order valence-electron chi connectivity index (χ4n) is 1.48. The van der Waals surface area contributed by atoms with Crippen LogP contribution >= 0.6 is 0 Å². The lowest BCUT2D eigenvalue weighted by molar-refractivity contribution is 0.317. The van der Waals surface area contributed by atoms with Crippen molar-refractivity contribution in [2.24, 2.45) is 0 Å². The van der Waals surface area contributed by atoms with Gasteiger partial charge in [0, 0.05) is 21.2 Å². The van der Waals surface area contributed by atoms with Crippen LogP contribution < -0.4 is 0 Å². The van der Waals surface area contributed by atoms with Gasteiger partial charge in [-0.15, -0.1) is 0 Å². The van der Waals surface area contributed by atoms with Crippen molar-refractivity contribution in [1.82, 2.24) is 9.88 Å². The first-order chi connectivity index (χ1) is 6.97. The Labute approximate surface area is 77.4 Å². The summed E-state index contributed by atoms with van der Waals surface area (Å²) in [4.78, 5) is 5.47. The van der Waals surface area contributed by atoms with Crippen LogP contribution in [0.25, 0.3) is 0 Å². The summed E-state index contributed by atoms with van der Waals surface area (Å²) in [6, 6.07) is 2.64. The third-order valence-corrected chi connectivity index (χ3v) is 2.11. The van der Waals surface area contributed by atoms with Gasteiger partial charge in [-0.1, -0.05) is 6.07 Å². The molecule has 0 amide bonds. The molecule has 12 heavy (non-hydrogen) atoms. The van der Waals surface area contributed by atoms with Crippen molar-refractivity contribution in [2.75, 3.05) is 13.5 Å². The molecular formula is C10H14N2. The molecule has 0 aliphatic carbocycles. The summed E-state index contributed by atoms with van der Waals surface area (Å²) in [6.45, 7) is -1.39. The lowest BCUT2D eigenvalue weighted by atomic mass is 10.1. The topological polar surface area (TPSA) is 16.1 Å². The summed E-state index contributed by atoms with van der Waals surface area (Å²) in [6.07, 6.45) is 4.20. The van der Waals surface area contributed by atoms with Gasteiger partial charge >= 0.3 is 0 Å². The Kier molecular flexibility index (Phi) is 1.34. The highest BCUT2D eigenvalue weighted by atomic mass is 15.1. The van der Waals surface area contributed by atoms with Crippen LogP contribution in [0.5, 0.6) is 0 Å². The number of hydrogen-bond donors (Lipinski definition) is 0. The van der Waals surface area contributed by atoms with E-state index in [1.807, 2.05) is 6.07 Å². The third-order valence-electron chi connectivity index (χ3n) is 2.11. The van der Waals surface area contributed by atoms with Gasteiger partial charge in [-0.25, -0.2) is 0 Å². The molecule has 1 saturated heterocycles. The Morgan fingerprint density at radius 1 is 1.83 bits per heavy atom. The lowest BCUT2D eigenvalue weighted by Crippen LogP contribution is -2.17. The zero-order valence-electron chi connectivity index (χ0n) is 10.1. The second-order valence-electron chi connectivity index (χ2n) is 2.91. The number of likely N-dealkylation sites (tertiary alicyclic amines) is 1. The maximum absolute atomic E-state index is 8.33. The Morgan fingerprint density at radius 3 is 3.33 bits per heavy atom. The SMILES string of the molecule is [2H]C1([2H])CCC([2H])(c2cccnc2)N1C. The molecule has 1 aliphatic heterocycles. The maximum atomic E-state index is 8.33. The predicted octanol–water partition coefficient (Wildman–Crippen LogP) is 1.85. The molecule has 1 aromatic heterocycles. The molecule has 1 unspecified atom stereocenters. The van der Waals surface area contributed by atoms with E-state index in [-0.39, 0.29) is 0 Å². The number of pyridine rings is 1. The van der Waals surface area contributed by atoms with Crippen molar-refractivity contribution >= 4 is 0 Å². The van der Waals surface area contributed by atoms with E-state index in [9.17, 15) is 0 Å². The van der Waals surface area contributed by atoms with Crippen molar-refractivity contribution in [2.45, 2.75) is 18.9 Å². The Balaban J connectivity index is 2.38. The molecule has 0 bridgehead atoms. The Bertz CT molecular complexity index is 355. The summed E-state index contributed by atoms with van der Waals surface area (Å²) in [5, 5.41) is 0. The summed E-state index contributed by atoms with van der Waals surface area (Å²) in [5.74, 6) is 0. The van der Waals surface area contributed by atoms with Crippen LogP contribution in [0.15, 0.2) is 24.5 Å². The molecule has 0 radical (unpaired) electrons. The van der Waals surface area contributed by atoms with Gasteiger partial charge in [0.2, 0.25) is 0 Å². The Hall–Kier alpha value is -0.890. The molecule has 64 valence electrons. The van der Waals surface area contributed by atoms with Crippen molar-refractivity contribution in [1.29, 1.82) is 0 Å². The molecule has 0 spiro atoms. The van der Waals surface area contributed by atoms with Crippen LogP contribution in [-0.2, 0) is 0 Å². The van der Waals surface area contributed by atoms with E-state index < -0.39 is 12.5 Å². The van der Waals surface area contributed by atoms with E-state index in [1.165, 1.54) is 4.90 Å². The Morgan fingerprint density at radius 2 is 2.75 bits per heavy atom. The van der Waals surface area contributed by atoms with Gasteiger partial charge in [0.05, 0.1) is 1.37 Å². The van der Waals surface area contributed by atoms with Gasteiger partial charge < -0.3 is 0 Å². The van der Waals surface area contributed by atoms with Gasteiger partial charge in [-0.3, -0.25) is 9.88 Å². The standard InChI is InChI=1S/C10H14N2/c1-12-7-3-5-10(12)9-4-2-6-11-8-9/h2,4,6,8,10H,3,5,7H2,1H3/i7D2,10D. The highest BCUT2D eigenvalue weighted by Crippen LogP contribution is 2.29. The monoisotopic (exact) mass is 165 g/mol. The normalized spacial score (nSPS) is 38.6. The van der Waals surface area contributed by atoms with Crippen LogP contribution in [0.1, 0.15) is 28.5 Å². The van der Waals surface area contributed by atoms with Gasteiger partial charge in [-0.2, -0.15) is 0 Å². The van der Waals surface area contributed by atoms with E-state index in [1.54, 1.807) is 25.5 Å². The minimum absolute atomic E-state index is 0.391. The minimum Gasteiger partial charge on any atom is -0.299 e. The van der Waals surface area contributed by atoms with Crippen LogP contribution in [-0.4, -0.2) is 23.4 Å². The van der Waals surface area contributed by atoms with E-state index in [0.717, 1.165) is 5.56 Å². The summed E-state index contributed by atoms with van der Waals surface area (Å²) in [5.41, 5.74) is 0.758. The van der Waals surface area contributed by atoms with Gasteiger partial charge in [0.25, 0.3) is 0 Å². The molecule has 2 heteroatoms. The van der Waals surface area contributed by atoms with Gasteiger partial charge in [0.1, 0.15) is 0 Å². The van der Waals surface area contributed by atoms with Gasteiger partial charge in [0.15, 0.2) is 0 Å². The molecule has 0 saturated carbocycles. The zero-order chi connectivity index (χ0) is 11.1. The first-order valence-electron chi connectivity index (χ1n) is 5.61. The smallest absolute Gasteiger partial charge is 0.0519 e. The van der Waals surface area contributed by atoms with Crippen LogP contribution in [0.3, 0.4) is 0 Å². The molecular weight excluding hydrogens is 148 g/mol. The number of rotatable bonds is 1. The molecule has 1 atom stereocenters. The second-order valence-corrected chi connectivity index (χ2v) is 2.91. The number of aromatic nitrogens is 1. The molecule has 0 N–H and O–H groups in total. The number of hydrogen-bond acceptors (Lipinski definition) is 2. The first kappa shape index (κ1) is 4.97. The summed E-state index contributed by atoms with van der Waals surface area (Å²) < 4.78 is 23.8. The summed E-state index contributed by atoms with van der Waals surface area (Å²) in [7, 11) is 1.66. The summed E-state index contributed by atoms with van der Waals surface area (Å²) >= 11 is 0. The zero-order valence-corrected chi connectivity index (χ0v) is 7.12. The average molecular weight is 165 g/mol. The van der Waals surface area contributed by atoms with Gasteiger partial charge in [-0.05, 0) is 38.0 Å².